The van der Waals surface area contributed by atoms with Gasteiger partial charge in [0.2, 0.25) is 20.0 Å². The number of hydrogen-bond acceptors (Lipinski definition) is 5. The Morgan fingerprint density at radius 3 is 1.24 bits per heavy atom. The molecule has 2 heterocycles. The first-order chi connectivity index (χ1) is 22.2. The summed E-state index contributed by atoms with van der Waals surface area (Å²) in [6, 6.07) is 29.7. The van der Waals surface area contributed by atoms with Crippen LogP contribution in [0.3, 0.4) is 0 Å². The number of piperazine rings is 2. The van der Waals surface area contributed by atoms with E-state index < -0.39 is 20.0 Å². The maximum absolute atomic E-state index is 13.6. The van der Waals surface area contributed by atoms with Gasteiger partial charge in [0.05, 0.1) is 62.1 Å². The third-order valence-corrected chi connectivity index (χ3v) is 13.3. The molecule has 4 aromatic carbocycles. The van der Waals surface area contributed by atoms with E-state index in [9.17, 15) is 21.6 Å². The Balaban J connectivity index is 1.03. The van der Waals surface area contributed by atoms with Crippen molar-refractivity contribution < 1.29 is 31.4 Å². The summed E-state index contributed by atoms with van der Waals surface area (Å²) in [5, 5.41) is 0. The van der Waals surface area contributed by atoms with Crippen molar-refractivity contribution in [2.45, 2.75) is 22.9 Å². The third kappa shape index (κ3) is 5.94. The molecular weight excluding hydrogens is 621 g/mol. The van der Waals surface area contributed by atoms with Crippen molar-refractivity contribution in [3.8, 4) is 11.1 Å². The first kappa shape index (κ1) is 30.9. The van der Waals surface area contributed by atoms with Gasteiger partial charge in [-0.15, -0.1) is 0 Å². The molecule has 1 aliphatic carbocycles. The average Bonchev–Trinajstić information content (AvgIpc) is 3.36. The van der Waals surface area contributed by atoms with Crippen LogP contribution in [0.4, 0.5) is 0 Å². The van der Waals surface area contributed by atoms with Crippen LogP contribution in [0.2, 0.25) is 0 Å². The van der Waals surface area contributed by atoms with Crippen molar-refractivity contribution in [2.24, 2.45) is 0 Å². The number of benzene rings is 4. The molecule has 9 nitrogen and oxygen atoms in total. The zero-order valence-electron chi connectivity index (χ0n) is 25.6. The van der Waals surface area contributed by atoms with Gasteiger partial charge >= 0.3 is 0 Å². The summed E-state index contributed by atoms with van der Waals surface area (Å²) in [7, 11) is -7.60. The highest BCUT2D eigenvalue weighted by Crippen LogP contribution is 2.39. The fourth-order valence-electron chi connectivity index (χ4n) is 6.86. The Hall–Kier alpha value is -3.71. The van der Waals surface area contributed by atoms with Gasteiger partial charge in [-0.25, -0.2) is 16.8 Å². The van der Waals surface area contributed by atoms with Gasteiger partial charge in [-0.05, 0) is 35.4 Å². The second kappa shape index (κ2) is 12.5. The lowest BCUT2D eigenvalue weighted by Gasteiger charge is -2.31. The highest BCUT2D eigenvalue weighted by Gasteiger charge is 2.36. The maximum atomic E-state index is 13.6. The number of nitrogens with zero attached hydrogens (tertiary/aromatic N) is 2. The lowest BCUT2D eigenvalue weighted by Crippen LogP contribution is -3.13. The van der Waals surface area contributed by atoms with E-state index in [1.165, 1.54) is 41.7 Å². The minimum absolute atomic E-state index is 0.0858. The summed E-state index contributed by atoms with van der Waals surface area (Å²) in [5.74, 6) is -0.353. The molecule has 0 aromatic heterocycles. The molecular formula is C35H38N4O5S2+2. The van der Waals surface area contributed by atoms with Gasteiger partial charge in [0, 0.05) is 22.3 Å². The number of ketones is 1. The van der Waals surface area contributed by atoms with Gasteiger partial charge < -0.3 is 9.80 Å². The molecule has 2 fully saturated rings. The molecule has 2 aliphatic heterocycles. The molecule has 0 bridgehead atoms. The van der Waals surface area contributed by atoms with Crippen molar-refractivity contribution in [3.63, 3.8) is 0 Å². The van der Waals surface area contributed by atoms with Crippen LogP contribution >= 0.6 is 0 Å². The lowest BCUT2D eigenvalue weighted by molar-refractivity contribution is -0.917. The largest absolute Gasteiger partial charge is 0.329 e. The summed E-state index contributed by atoms with van der Waals surface area (Å²) in [6.45, 7) is 6.10. The number of carbonyl (C=O) groups excluding carboxylic acids is 1. The molecule has 0 saturated carbocycles. The molecule has 0 spiro atoms. The molecule has 0 radical (unpaired) electrons. The standard InChI is InChI=1S/C35H36N4O5S2/c40-35-33-23-29(45(41,42)38-19-15-36(16-20-38)25-27-7-3-1-4-8-27)11-13-31(33)32-14-12-30(24-34(32)35)46(43,44)39-21-17-37(18-22-39)26-28-9-5-2-6-10-28/h1-14,23-24H,15-22,25-26H2/p+2. The molecule has 0 unspecified atom stereocenters. The van der Waals surface area contributed by atoms with Crippen molar-refractivity contribution in [3.05, 3.63) is 119 Å². The van der Waals surface area contributed by atoms with Crippen LogP contribution < -0.4 is 9.80 Å². The van der Waals surface area contributed by atoms with E-state index in [0.717, 1.165) is 13.1 Å². The Labute approximate surface area is 270 Å². The predicted octanol–water partition coefficient (Wildman–Crippen LogP) is 1.08. The van der Waals surface area contributed by atoms with E-state index in [0.29, 0.717) is 63.5 Å². The Kier molecular flexibility index (Phi) is 8.39. The summed E-state index contributed by atoms with van der Waals surface area (Å²) < 4.78 is 57.5. The third-order valence-electron chi connectivity index (χ3n) is 9.49. The van der Waals surface area contributed by atoms with E-state index in [1.54, 1.807) is 24.3 Å². The van der Waals surface area contributed by atoms with Crippen molar-refractivity contribution >= 4 is 25.8 Å². The molecule has 0 atom stereocenters. The monoisotopic (exact) mass is 658 g/mol. The highest BCUT2D eigenvalue weighted by atomic mass is 32.2. The fraction of sp³-hybridized carbons (Fsp3) is 0.286. The maximum Gasteiger partial charge on any atom is 0.243 e. The fourth-order valence-corrected chi connectivity index (χ4v) is 9.80. The predicted molar refractivity (Wildman–Crippen MR) is 175 cm³/mol. The van der Waals surface area contributed by atoms with Crippen LogP contribution in [0.15, 0.2) is 107 Å². The average molecular weight is 659 g/mol. The lowest BCUT2D eigenvalue weighted by atomic mass is 10.1. The molecule has 11 heteroatoms. The zero-order valence-corrected chi connectivity index (χ0v) is 27.2. The molecule has 2 saturated heterocycles. The number of nitrogens with one attached hydrogen (secondary N) is 2. The SMILES string of the molecule is O=C1c2cc(S(=O)(=O)N3CC[NH+](Cc4ccccc4)CC3)ccc2-c2ccc(S(=O)(=O)N3CC[NH+](Cc4ccccc4)CC3)cc21. The first-order valence-electron chi connectivity index (χ1n) is 15.8. The second-order valence-electron chi connectivity index (χ2n) is 12.4. The number of fused-ring (bicyclic) bond motifs is 3. The molecule has 4 aromatic rings. The van der Waals surface area contributed by atoms with E-state index in [1.807, 2.05) is 36.4 Å². The number of carbonyl (C=O) groups is 1. The van der Waals surface area contributed by atoms with Gasteiger partial charge in [0.25, 0.3) is 0 Å². The van der Waals surface area contributed by atoms with E-state index in [2.05, 4.69) is 24.3 Å². The van der Waals surface area contributed by atoms with Crippen LogP contribution in [0.25, 0.3) is 11.1 Å². The Bertz CT molecular complexity index is 1830. The highest BCUT2D eigenvalue weighted by molar-refractivity contribution is 7.89. The summed E-state index contributed by atoms with van der Waals surface area (Å²) in [4.78, 5) is 16.4. The van der Waals surface area contributed by atoms with Gasteiger partial charge in [-0.2, -0.15) is 8.61 Å². The topological polar surface area (TPSA) is 101 Å². The van der Waals surface area contributed by atoms with Crippen LogP contribution in [-0.4, -0.2) is 83.6 Å². The van der Waals surface area contributed by atoms with Gasteiger partial charge in [0.1, 0.15) is 13.1 Å². The number of rotatable bonds is 8. The zero-order chi connectivity index (χ0) is 31.9. The normalized spacial score (nSPS) is 18.4. The van der Waals surface area contributed by atoms with Crippen LogP contribution in [0, 0.1) is 0 Å². The van der Waals surface area contributed by atoms with Crippen molar-refractivity contribution in [2.75, 3.05) is 52.4 Å². The Morgan fingerprint density at radius 1 is 0.500 bits per heavy atom. The molecule has 46 heavy (non-hydrogen) atoms. The van der Waals surface area contributed by atoms with E-state index in [-0.39, 0.29) is 26.7 Å². The number of sulfonamides is 2. The van der Waals surface area contributed by atoms with Crippen molar-refractivity contribution in [1.82, 2.24) is 8.61 Å². The number of quaternary nitrogens is 2. The van der Waals surface area contributed by atoms with Crippen LogP contribution in [0.1, 0.15) is 27.0 Å². The van der Waals surface area contributed by atoms with E-state index in [4.69, 9.17) is 0 Å². The van der Waals surface area contributed by atoms with E-state index >= 15 is 0 Å². The minimum atomic E-state index is -3.80. The summed E-state index contributed by atoms with van der Waals surface area (Å²) in [6.07, 6.45) is 0. The van der Waals surface area contributed by atoms with Crippen LogP contribution in [-0.2, 0) is 33.1 Å². The van der Waals surface area contributed by atoms with Crippen molar-refractivity contribution in [1.29, 1.82) is 0 Å². The van der Waals surface area contributed by atoms with Gasteiger partial charge in [-0.3, -0.25) is 4.79 Å². The quantitative estimate of drug-likeness (QED) is 0.260. The van der Waals surface area contributed by atoms with Gasteiger partial charge in [0.15, 0.2) is 5.78 Å². The second-order valence-corrected chi connectivity index (χ2v) is 16.3. The van der Waals surface area contributed by atoms with Crippen LogP contribution in [0.5, 0.6) is 0 Å². The summed E-state index contributed by atoms with van der Waals surface area (Å²) in [5.41, 5.74) is 4.28. The molecule has 238 valence electrons. The van der Waals surface area contributed by atoms with Gasteiger partial charge in [-0.1, -0.05) is 72.8 Å². The molecule has 3 aliphatic rings. The molecule has 0 amide bonds. The minimum Gasteiger partial charge on any atom is -0.329 e. The summed E-state index contributed by atoms with van der Waals surface area (Å²) >= 11 is 0. The Morgan fingerprint density at radius 2 is 0.870 bits per heavy atom. The first-order valence-corrected chi connectivity index (χ1v) is 18.7. The molecule has 2 N–H and O–H groups in total. The molecule has 7 rings (SSSR count). The number of hydrogen-bond donors (Lipinski definition) is 2. The smallest absolute Gasteiger partial charge is 0.243 e.